The van der Waals surface area contributed by atoms with Crippen molar-refractivity contribution in [3.05, 3.63) is 67.3 Å². The van der Waals surface area contributed by atoms with Crippen molar-refractivity contribution >= 4 is 43.5 Å². The van der Waals surface area contributed by atoms with Crippen LogP contribution >= 0.6 is 43.5 Å². The van der Waals surface area contributed by atoms with Crippen molar-refractivity contribution in [2.45, 2.75) is 12.5 Å². The summed E-state index contributed by atoms with van der Waals surface area (Å²) in [5.74, 6) is 5.34. The van der Waals surface area contributed by atoms with Gasteiger partial charge in [-0.3, -0.25) is 11.3 Å². The van der Waals surface area contributed by atoms with Crippen molar-refractivity contribution in [3.63, 3.8) is 0 Å². The summed E-state index contributed by atoms with van der Waals surface area (Å²) in [6.45, 7) is 0. The van der Waals surface area contributed by atoms with Crippen LogP contribution in [0.3, 0.4) is 0 Å². The van der Waals surface area contributed by atoms with Crippen LogP contribution in [0.5, 0.6) is 0 Å². The predicted molar refractivity (Wildman–Crippen MR) is 87.0 cm³/mol. The Labute approximate surface area is 138 Å². The lowest BCUT2D eigenvalue weighted by Crippen LogP contribution is -2.29. The molecule has 2 aromatic carbocycles. The molecule has 20 heavy (non-hydrogen) atoms. The number of benzene rings is 2. The van der Waals surface area contributed by atoms with Gasteiger partial charge in [-0.05, 0) is 57.7 Å². The maximum Gasteiger partial charge on any atom is 0.137 e. The van der Waals surface area contributed by atoms with E-state index < -0.39 is 0 Å². The summed E-state index contributed by atoms with van der Waals surface area (Å²) in [4.78, 5) is 0. The zero-order chi connectivity index (χ0) is 14.7. The number of rotatable bonds is 4. The Morgan fingerprint density at radius 3 is 2.55 bits per heavy atom. The minimum Gasteiger partial charge on any atom is -0.271 e. The molecule has 2 rings (SSSR count). The number of nitrogens with two attached hydrogens (primary N) is 1. The number of hydrogen-bond acceptors (Lipinski definition) is 2. The van der Waals surface area contributed by atoms with Crippen molar-refractivity contribution in [1.29, 1.82) is 0 Å². The molecule has 0 aliphatic carbocycles. The maximum absolute atomic E-state index is 13.2. The number of nitrogens with one attached hydrogen (secondary N) is 1. The van der Waals surface area contributed by atoms with Gasteiger partial charge in [-0.2, -0.15) is 0 Å². The molecular formula is C14H12Br2ClFN2. The van der Waals surface area contributed by atoms with E-state index in [0.29, 0.717) is 15.9 Å². The maximum atomic E-state index is 13.2. The highest BCUT2D eigenvalue weighted by atomic mass is 79.9. The summed E-state index contributed by atoms with van der Waals surface area (Å²) in [5.41, 5.74) is 4.61. The van der Waals surface area contributed by atoms with E-state index in [1.54, 1.807) is 12.1 Å². The zero-order valence-electron chi connectivity index (χ0n) is 10.3. The molecule has 106 valence electrons. The molecule has 0 aromatic heterocycles. The van der Waals surface area contributed by atoms with E-state index in [0.717, 1.165) is 15.6 Å². The summed E-state index contributed by atoms with van der Waals surface area (Å²) < 4.78 is 14.6. The van der Waals surface area contributed by atoms with Crippen LogP contribution in [0.25, 0.3) is 0 Å². The van der Waals surface area contributed by atoms with E-state index in [9.17, 15) is 4.39 Å². The first-order chi connectivity index (χ1) is 9.51. The lowest BCUT2D eigenvalue weighted by atomic mass is 9.99. The Morgan fingerprint density at radius 2 is 1.95 bits per heavy atom. The average Bonchev–Trinajstić information content (AvgIpc) is 2.41. The quantitative estimate of drug-likeness (QED) is 0.551. The highest BCUT2D eigenvalue weighted by Crippen LogP contribution is 2.29. The minimum atomic E-state index is -0.285. The van der Waals surface area contributed by atoms with E-state index in [-0.39, 0.29) is 11.9 Å². The van der Waals surface area contributed by atoms with Crippen molar-refractivity contribution < 1.29 is 4.39 Å². The molecule has 0 saturated heterocycles. The van der Waals surface area contributed by atoms with Crippen molar-refractivity contribution in [3.8, 4) is 0 Å². The Bertz CT molecular complexity index is 622. The largest absolute Gasteiger partial charge is 0.271 e. The Hall–Kier alpha value is -0.460. The topological polar surface area (TPSA) is 38.0 Å². The first kappa shape index (κ1) is 15.9. The third-order valence-electron chi connectivity index (χ3n) is 2.96. The van der Waals surface area contributed by atoms with Gasteiger partial charge < -0.3 is 0 Å². The van der Waals surface area contributed by atoms with Gasteiger partial charge in [0.05, 0.1) is 10.5 Å². The summed E-state index contributed by atoms with van der Waals surface area (Å²) in [6.07, 6.45) is 0.608. The van der Waals surface area contributed by atoms with Crippen LogP contribution in [-0.2, 0) is 6.42 Å². The molecular weight excluding hydrogens is 410 g/mol. The predicted octanol–water partition coefficient (Wildman–Crippen LogP) is 4.75. The second kappa shape index (κ2) is 7.00. The minimum absolute atomic E-state index is 0.145. The molecule has 0 fully saturated rings. The van der Waals surface area contributed by atoms with Gasteiger partial charge in [-0.25, -0.2) is 4.39 Å². The van der Waals surface area contributed by atoms with Crippen LogP contribution in [0.2, 0.25) is 5.02 Å². The Kier molecular flexibility index (Phi) is 5.57. The van der Waals surface area contributed by atoms with Crippen LogP contribution in [0, 0.1) is 5.82 Å². The van der Waals surface area contributed by atoms with Gasteiger partial charge in [-0.15, -0.1) is 0 Å². The van der Waals surface area contributed by atoms with Gasteiger partial charge in [0.2, 0.25) is 0 Å². The molecule has 0 aliphatic rings. The highest BCUT2D eigenvalue weighted by Gasteiger charge is 2.15. The van der Waals surface area contributed by atoms with E-state index in [1.807, 2.05) is 18.2 Å². The molecule has 2 nitrogen and oxygen atoms in total. The highest BCUT2D eigenvalue weighted by molar-refractivity contribution is 9.10. The fraction of sp³-hybridized carbons (Fsp3) is 0.143. The smallest absolute Gasteiger partial charge is 0.137 e. The van der Waals surface area contributed by atoms with Gasteiger partial charge in [-0.1, -0.05) is 39.7 Å². The van der Waals surface area contributed by atoms with E-state index in [2.05, 4.69) is 37.3 Å². The molecule has 6 heteroatoms. The second-order valence-corrected chi connectivity index (χ2v) is 6.51. The lowest BCUT2D eigenvalue weighted by Gasteiger charge is -2.18. The molecule has 0 spiro atoms. The van der Waals surface area contributed by atoms with E-state index in [1.165, 1.54) is 6.07 Å². The summed E-state index contributed by atoms with van der Waals surface area (Å²) in [6, 6.07) is 10.4. The van der Waals surface area contributed by atoms with Gasteiger partial charge in [0, 0.05) is 9.50 Å². The molecule has 0 amide bonds. The summed E-state index contributed by atoms with van der Waals surface area (Å²) >= 11 is 12.8. The SMILES string of the molecule is NNC(Cc1ccc(F)c(Br)c1)c1ccc(Br)cc1Cl. The molecule has 1 atom stereocenters. The molecule has 3 N–H and O–H groups in total. The van der Waals surface area contributed by atoms with E-state index >= 15 is 0 Å². The van der Waals surface area contributed by atoms with Crippen LogP contribution < -0.4 is 11.3 Å². The molecule has 0 aliphatic heterocycles. The molecule has 1 unspecified atom stereocenters. The monoisotopic (exact) mass is 420 g/mol. The second-order valence-electron chi connectivity index (χ2n) is 4.34. The van der Waals surface area contributed by atoms with Crippen molar-refractivity contribution in [1.82, 2.24) is 5.43 Å². The first-order valence-corrected chi connectivity index (χ1v) is 7.82. The third-order valence-corrected chi connectivity index (χ3v) is 4.39. The lowest BCUT2D eigenvalue weighted by molar-refractivity contribution is 0.550. The third kappa shape index (κ3) is 3.80. The van der Waals surface area contributed by atoms with E-state index in [4.69, 9.17) is 17.4 Å². The molecule has 0 radical (unpaired) electrons. The summed E-state index contributed by atoms with van der Waals surface area (Å²) in [5, 5.41) is 0.628. The van der Waals surface area contributed by atoms with Crippen LogP contribution in [-0.4, -0.2) is 0 Å². The summed E-state index contributed by atoms with van der Waals surface area (Å²) in [7, 11) is 0. The number of halogens is 4. The zero-order valence-corrected chi connectivity index (χ0v) is 14.3. The van der Waals surface area contributed by atoms with Gasteiger partial charge in [0.1, 0.15) is 5.82 Å². The van der Waals surface area contributed by atoms with Crippen molar-refractivity contribution in [2.24, 2.45) is 5.84 Å². The molecule has 0 saturated carbocycles. The van der Waals surface area contributed by atoms with Crippen LogP contribution in [0.1, 0.15) is 17.2 Å². The number of hydrazine groups is 1. The number of hydrogen-bond donors (Lipinski definition) is 2. The molecule has 0 heterocycles. The van der Waals surface area contributed by atoms with Gasteiger partial charge >= 0.3 is 0 Å². The Balaban J connectivity index is 2.26. The normalized spacial score (nSPS) is 12.4. The standard InChI is InChI=1S/C14H12Br2ClFN2/c15-9-2-3-10(12(17)7-9)14(20-19)6-8-1-4-13(18)11(16)5-8/h1-5,7,14,20H,6,19H2. The molecule has 2 aromatic rings. The van der Waals surface area contributed by atoms with Gasteiger partial charge in [0.25, 0.3) is 0 Å². The fourth-order valence-corrected chi connectivity index (χ4v) is 3.18. The Morgan fingerprint density at radius 1 is 1.20 bits per heavy atom. The molecule has 0 bridgehead atoms. The van der Waals surface area contributed by atoms with Gasteiger partial charge in [0.15, 0.2) is 0 Å². The average molecular weight is 423 g/mol. The van der Waals surface area contributed by atoms with Crippen molar-refractivity contribution in [2.75, 3.05) is 0 Å². The first-order valence-electron chi connectivity index (χ1n) is 5.86. The fourth-order valence-electron chi connectivity index (χ4n) is 1.95. The van der Waals surface area contributed by atoms with Crippen LogP contribution in [0.4, 0.5) is 4.39 Å². The van der Waals surface area contributed by atoms with Crippen LogP contribution in [0.15, 0.2) is 45.3 Å².